The second kappa shape index (κ2) is 10.9. The molecule has 2 amide bonds. The molecule has 1 heterocycles. The van der Waals surface area contributed by atoms with Gasteiger partial charge in [0.25, 0.3) is 0 Å². The molecule has 2 unspecified atom stereocenters. The second-order valence-electron chi connectivity index (χ2n) is 9.03. The van der Waals surface area contributed by atoms with Gasteiger partial charge in [-0.25, -0.2) is 5.84 Å². The summed E-state index contributed by atoms with van der Waals surface area (Å²) in [7, 11) is 0. The Labute approximate surface area is 160 Å². The molecule has 0 aromatic carbocycles. The predicted octanol–water partition coefficient (Wildman–Crippen LogP) is 3.87. The maximum absolute atomic E-state index is 12.9. The van der Waals surface area contributed by atoms with Crippen LogP contribution < -0.4 is 11.3 Å². The number of hydrazine groups is 1. The molecule has 1 fully saturated rings. The van der Waals surface area contributed by atoms with Gasteiger partial charge in [-0.2, -0.15) is 0 Å². The molecule has 26 heavy (non-hydrogen) atoms. The highest BCUT2D eigenvalue weighted by Crippen LogP contribution is 2.31. The summed E-state index contributed by atoms with van der Waals surface area (Å²) >= 11 is 0. The van der Waals surface area contributed by atoms with Crippen molar-refractivity contribution >= 4 is 11.8 Å². The second-order valence-corrected chi connectivity index (χ2v) is 9.03. The average Bonchev–Trinajstić information content (AvgIpc) is 2.63. The molecule has 0 radical (unpaired) electrons. The first-order valence-corrected chi connectivity index (χ1v) is 10.5. The minimum atomic E-state index is -0.533. The topological polar surface area (TPSA) is 75.4 Å². The molecule has 1 aliphatic rings. The zero-order valence-electron chi connectivity index (χ0n) is 17.6. The van der Waals surface area contributed by atoms with Gasteiger partial charge >= 0.3 is 0 Å². The summed E-state index contributed by atoms with van der Waals surface area (Å²) in [6.45, 7) is 12.0. The Morgan fingerprint density at radius 3 is 2.35 bits per heavy atom. The van der Waals surface area contributed by atoms with Crippen molar-refractivity contribution < 1.29 is 9.59 Å². The molecular weight excluding hydrogens is 326 g/mol. The van der Waals surface area contributed by atoms with E-state index in [0.29, 0.717) is 6.42 Å². The van der Waals surface area contributed by atoms with Crippen molar-refractivity contribution in [2.45, 2.75) is 86.0 Å². The van der Waals surface area contributed by atoms with Crippen molar-refractivity contribution in [1.29, 1.82) is 0 Å². The van der Waals surface area contributed by atoms with Crippen molar-refractivity contribution in [3.63, 3.8) is 0 Å². The van der Waals surface area contributed by atoms with Crippen molar-refractivity contribution in [2.24, 2.45) is 29.0 Å². The first-order chi connectivity index (χ1) is 12.2. The van der Waals surface area contributed by atoms with Crippen LogP contribution in [-0.4, -0.2) is 29.8 Å². The molecular formula is C21H41N3O2. The van der Waals surface area contributed by atoms with E-state index in [4.69, 9.17) is 5.84 Å². The molecule has 5 nitrogen and oxygen atoms in total. The van der Waals surface area contributed by atoms with Gasteiger partial charge in [-0.1, -0.05) is 66.7 Å². The van der Waals surface area contributed by atoms with Gasteiger partial charge < -0.3 is 4.90 Å². The number of nitrogens with two attached hydrogens (primary N) is 1. The molecule has 0 aromatic rings. The lowest BCUT2D eigenvalue weighted by Gasteiger charge is -2.37. The normalized spacial score (nSPS) is 18.5. The van der Waals surface area contributed by atoms with Crippen molar-refractivity contribution in [2.75, 3.05) is 13.1 Å². The number of unbranched alkanes of at least 4 members (excludes halogenated alkanes) is 1. The molecule has 1 saturated heterocycles. The number of nitrogens with one attached hydrogen (secondary N) is 1. The van der Waals surface area contributed by atoms with E-state index in [1.54, 1.807) is 0 Å². The SMILES string of the molecule is CCC(C)CCCCC1CCN(C(=O)C(C)(C)CC(C)C(=O)NN)CC1. The average molecular weight is 368 g/mol. The van der Waals surface area contributed by atoms with Gasteiger partial charge in [0.05, 0.1) is 0 Å². The fraction of sp³-hybridized carbons (Fsp3) is 0.905. The number of amides is 2. The summed E-state index contributed by atoms with van der Waals surface area (Å²) in [5.41, 5.74) is 1.65. The van der Waals surface area contributed by atoms with Gasteiger partial charge in [-0.3, -0.25) is 15.0 Å². The number of rotatable bonds is 10. The Hall–Kier alpha value is -1.10. The standard InChI is InChI=1S/C21H41N3O2/c1-6-16(2)9-7-8-10-18-11-13-24(14-12-18)20(26)21(4,5)15-17(3)19(25)23-22/h16-18H,6-15,22H2,1-5H3,(H,23,25). The molecule has 0 aliphatic carbocycles. The molecule has 1 rings (SSSR count). The first-order valence-electron chi connectivity index (χ1n) is 10.5. The lowest BCUT2D eigenvalue weighted by atomic mass is 9.80. The molecule has 0 aromatic heterocycles. The molecule has 0 spiro atoms. The van der Waals surface area contributed by atoms with E-state index in [2.05, 4.69) is 19.3 Å². The Morgan fingerprint density at radius 1 is 1.19 bits per heavy atom. The summed E-state index contributed by atoms with van der Waals surface area (Å²) < 4.78 is 0. The molecule has 152 valence electrons. The Kier molecular flexibility index (Phi) is 9.62. The molecule has 5 heteroatoms. The summed E-state index contributed by atoms with van der Waals surface area (Å²) in [5.74, 6) is 6.52. The molecule has 1 aliphatic heterocycles. The zero-order chi connectivity index (χ0) is 19.7. The highest BCUT2D eigenvalue weighted by Gasteiger charge is 2.36. The molecule has 3 N–H and O–H groups in total. The number of hydrogen-bond donors (Lipinski definition) is 2. The van der Waals surface area contributed by atoms with Crippen LogP contribution in [0.5, 0.6) is 0 Å². The van der Waals surface area contributed by atoms with Crippen LogP contribution in [0.25, 0.3) is 0 Å². The summed E-state index contributed by atoms with van der Waals surface area (Å²) in [4.78, 5) is 26.6. The van der Waals surface area contributed by atoms with Crippen molar-refractivity contribution in [3.05, 3.63) is 0 Å². The highest BCUT2D eigenvalue weighted by molar-refractivity contribution is 5.84. The maximum Gasteiger partial charge on any atom is 0.236 e. The fourth-order valence-electron chi connectivity index (χ4n) is 4.07. The summed E-state index contributed by atoms with van der Waals surface area (Å²) in [6.07, 6.45) is 9.33. The van der Waals surface area contributed by atoms with Gasteiger partial charge in [0.15, 0.2) is 0 Å². The van der Waals surface area contributed by atoms with Crippen molar-refractivity contribution in [1.82, 2.24) is 10.3 Å². The zero-order valence-corrected chi connectivity index (χ0v) is 17.6. The number of nitrogens with zero attached hydrogens (tertiary/aromatic N) is 1. The summed E-state index contributed by atoms with van der Waals surface area (Å²) in [5, 5.41) is 0. The summed E-state index contributed by atoms with van der Waals surface area (Å²) in [6, 6.07) is 0. The Bertz CT molecular complexity index is 443. The predicted molar refractivity (Wildman–Crippen MR) is 107 cm³/mol. The highest BCUT2D eigenvalue weighted by atomic mass is 16.2. The van der Waals surface area contributed by atoms with E-state index in [1.807, 2.05) is 25.7 Å². The molecule has 0 bridgehead atoms. The smallest absolute Gasteiger partial charge is 0.236 e. The van der Waals surface area contributed by atoms with Gasteiger partial charge in [0.2, 0.25) is 11.8 Å². The van der Waals surface area contributed by atoms with E-state index >= 15 is 0 Å². The van der Waals surface area contributed by atoms with Gasteiger partial charge in [0, 0.05) is 24.4 Å². The third-order valence-corrected chi connectivity index (χ3v) is 6.14. The van der Waals surface area contributed by atoms with Crippen LogP contribution in [0.1, 0.15) is 86.0 Å². The minimum Gasteiger partial charge on any atom is -0.342 e. The minimum absolute atomic E-state index is 0.171. The molecule has 0 saturated carbocycles. The van der Waals surface area contributed by atoms with E-state index < -0.39 is 5.41 Å². The van der Waals surface area contributed by atoms with E-state index in [1.165, 1.54) is 32.1 Å². The third kappa shape index (κ3) is 7.26. The van der Waals surface area contributed by atoms with Gasteiger partial charge in [0.1, 0.15) is 0 Å². The van der Waals surface area contributed by atoms with Crippen LogP contribution in [0, 0.1) is 23.2 Å². The van der Waals surface area contributed by atoms with Crippen LogP contribution in [0.4, 0.5) is 0 Å². The van der Waals surface area contributed by atoms with E-state index in [0.717, 1.165) is 37.8 Å². The van der Waals surface area contributed by atoms with Crippen LogP contribution in [0.3, 0.4) is 0 Å². The first kappa shape index (κ1) is 22.9. The Morgan fingerprint density at radius 2 is 1.81 bits per heavy atom. The monoisotopic (exact) mass is 367 g/mol. The number of carbonyl (C=O) groups is 2. The largest absolute Gasteiger partial charge is 0.342 e. The lowest BCUT2D eigenvalue weighted by Crippen LogP contribution is -2.46. The number of carbonyl (C=O) groups excluding carboxylic acids is 2. The van der Waals surface area contributed by atoms with E-state index in [-0.39, 0.29) is 17.7 Å². The van der Waals surface area contributed by atoms with Gasteiger partial charge in [-0.05, 0) is 31.1 Å². The van der Waals surface area contributed by atoms with Crippen LogP contribution >= 0.6 is 0 Å². The number of hydrogen-bond acceptors (Lipinski definition) is 3. The Balaban J connectivity index is 2.37. The van der Waals surface area contributed by atoms with Crippen molar-refractivity contribution in [3.8, 4) is 0 Å². The van der Waals surface area contributed by atoms with Gasteiger partial charge in [-0.15, -0.1) is 0 Å². The van der Waals surface area contributed by atoms with Crippen LogP contribution in [0.15, 0.2) is 0 Å². The quantitative estimate of drug-likeness (QED) is 0.266. The lowest BCUT2D eigenvalue weighted by molar-refractivity contribution is -0.143. The third-order valence-electron chi connectivity index (χ3n) is 6.14. The van der Waals surface area contributed by atoms with Crippen LogP contribution in [-0.2, 0) is 9.59 Å². The molecule has 2 atom stereocenters. The van der Waals surface area contributed by atoms with Crippen LogP contribution in [0.2, 0.25) is 0 Å². The number of likely N-dealkylation sites (tertiary alicyclic amines) is 1. The fourth-order valence-corrected chi connectivity index (χ4v) is 4.07. The number of piperidine rings is 1. The maximum atomic E-state index is 12.9. The van der Waals surface area contributed by atoms with E-state index in [9.17, 15) is 9.59 Å².